The van der Waals surface area contributed by atoms with Gasteiger partial charge in [0, 0.05) is 23.2 Å². The van der Waals surface area contributed by atoms with E-state index in [1.165, 1.54) is 23.8 Å². The van der Waals surface area contributed by atoms with E-state index in [0.717, 1.165) is 30.1 Å². The SMILES string of the molecule is c1[nH]c2cc3c(cc2c1C1CCNCC1)OCO3. The zero-order valence-corrected chi connectivity index (χ0v) is 10.2. The maximum Gasteiger partial charge on any atom is 0.231 e. The molecule has 2 N–H and O–H groups in total. The van der Waals surface area contributed by atoms with Crippen molar-refractivity contribution >= 4 is 10.9 Å². The lowest BCUT2D eigenvalue weighted by molar-refractivity contribution is 0.174. The number of hydrogen-bond acceptors (Lipinski definition) is 3. The minimum absolute atomic E-state index is 0.338. The average molecular weight is 244 g/mol. The molecular weight excluding hydrogens is 228 g/mol. The van der Waals surface area contributed by atoms with Gasteiger partial charge in [0.15, 0.2) is 11.5 Å². The molecule has 0 aliphatic carbocycles. The van der Waals surface area contributed by atoms with Crippen molar-refractivity contribution in [3.63, 3.8) is 0 Å². The fraction of sp³-hybridized carbons (Fsp3) is 0.429. The quantitative estimate of drug-likeness (QED) is 0.809. The van der Waals surface area contributed by atoms with Crippen LogP contribution in [0.5, 0.6) is 11.5 Å². The van der Waals surface area contributed by atoms with Gasteiger partial charge in [-0.15, -0.1) is 0 Å². The molecule has 2 aliphatic heterocycles. The second-order valence-electron chi connectivity index (χ2n) is 5.02. The normalized spacial score (nSPS) is 19.6. The number of ether oxygens (including phenoxy) is 2. The number of H-pyrrole nitrogens is 1. The Hall–Kier alpha value is -1.68. The lowest BCUT2D eigenvalue weighted by atomic mass is 9.90. The van der Waals surface area contributed by atoms with E-state index in [0.29, 0.717) is 12.7 Å². The summed E-state index contributed by atoms with van der Waals surface area (Å²) in [6, 6.07) is 4.16. The summed E-state index contributed by atoms with van der Waals surface area (Å²) in [4.78, 5) is 3.36. The molecule has 4 heteroatoms. The number of rotatable bonds is 1. The van der Waals surface area contributed by atoms with Crippen LogP contribution in [-0.2, 0) is 0 Å². The number of nitrogens with one attached hydrogen (secondary N) is 2. The van der Waals surface area contributed by atoms with E-state index in [-0.39, 0.29) is 0 Å². The van der Waals surface area contributed by atoms with Crippen LogP contribution < -0.4 is 14.8 Å². The van der Waals surface area contributed by atoms with Gasteiger partial charge in [0.2, 0.25) is 6.79 Å². The summed E-state index contributed by atoms with van der Waals surface area (Å²) < 4.78 is 10.9. The van der Waals surface area contributed by atoms with E-state index in [4.69, 9.17) is 9.47 Å². The van der Waals surface area contributed by atoms with Crippen LogP contribution in [0.4, 0.5) is 0 Å². The first kappa shape index (κ1) is 10.3. The van der Waals surface area contributed by atoms with Gasteiger partial charge in [0.25, 0.3) is 0 Å². The molecule has 0 bridgehead atoms. The third-order valence-electron chi connectivity index (χ3n) is 3.99. The number of aromatic nitrogens is 1. The molecule has 0 atom stereocenters. The van der Waals surface area contributed by atoms with Crippen LogP contribution in [0.15, 0.2) is 18.3 Å². The molecule has 0 radical (unpaired) electrons. The summed E-state index contributed by atoms with van der Waals surface area (Å²) in [6.07, 6.45) is 4.57. The Kier molecular flexibility index (Phi) is 2.23. The van der Waals surface area contributed by atoms with E-state index in [9.17, 15) is 0 Å². The molecule has 1 aromatic carbocycles. The van der Waals surface area contributed by atoms with E-state index in [1.807, 2.05) is 6.07 Å². The van der Waals surface area contributed by atoms with Crippen LogP contribution in [-0.4, -0.2) is 24.9 Å². The number of fused-ring (bicyclic) bond motifs is 2. The summed E-state index contributed by atoms with van der Waals surface area (Å²) in [7, 11) is 0. The molecule has 3 heterocycles. The molecule has 4 nitrogen and oxygen atoms in total. The molecule has 94 valence electrons. The van der Waals surface area contributed by atoms with E-state index in [2.05, 4.69) is 22.6 Å². The zero-order chi connectivity index (χ0) is 11.9. The zero-order valence-electron chi connectivity index (χ0n) is 10.2. The van der Waals surface area contributed by atoms with Crippen molar-refractivity contribution in [2.75, 3.05) is 19.9 Å². The molecule has 0 amide bonds. The highest BCUT2D eigenvalue weighted by atomic mass is 16.7. The molecule has 2 aliphatic rings. The second kappa shape index (κ2) is 3.92. The first-order chi connectivity index (χ1) is 8.92. The molecular formula is C14H16N2O2. The van der Waals surface area contributed by atoms with Crippen molar-refractivity contribution in [2.45, 2.75) is 18.8 Å². The summed E-state index contributed by atoms with van der Waals surface area (Å²) >= 11 is 0. The molecule has 1 saturated heterocycles. The monoisotopic (exact) mass is 244 g/mol. The Morgan fingerprint density at radius 3 is 2.67 bits per heavy atom. The Morgan fingerprint density at radius 2 is 1.83 bits per heavy atom. The summed E-state index contributed by atoms with van der Waals surface area (Å²) in [5.41, 5.74) is 2.57. The Balaban J connectivity index is 1.81. The Labute approximate surface area is 105 Å². The van der Waals surface area contributed by atoms with Gasteiger partial charge in [-0.05, 0) is 43.5 Å². The molecule has 0 spiro atoms. The van der Waals surface area contributed by atoms with Crippen molar-refractivity contribution in [1.29, 1.82) is 0 Å². The van der Waals surface area contributed by atoms with Gasteiger partial charge in [0.05, 0.1) is 0 Å². The maximum absolute atomic E-state index is 5.47. The van der Waals surface area contributed by atoms with E-state index >= 15 is 0 Å². The first-order valence-corrected chi connectivity index (χ1v) is 6.53. The van der Waals surface area contributed by atoms with Gasteiger partial charge in [0.1, 0.15) is 0 Å². The molecule has 18 heavy (non-hydrogen) atoms. The molecule has 4 rings (SSSR count). The van der Waals surface area contributed by atoms with Crippen LogP contribution in [0.25, 0.3) is 10.9 Å². The van der Waals surface area contributed by atoms with Gasteiger partial charge < -0.3 is 19.8 Å². The highest BCUT2D eigenvalue weighted by Crippen LogP contribution is 2.39. The van der Waals surface area contributed by atoms with Gasteiger partial charge in [-0.3, -0.25) is 0 Å². The van der Waals surface area contributed by atoms with E-state index in [1.54, 1.807) is 0 Å². The summed E-state index contributed by atoms with van der Waals surface area (Å²) in [6.45, 7) is 2.56. The van der Waals surface area contributed by atoms with Gasteiger partial charge in [-0.2, -0.15) is 0 Å². The topological polar surface area (TPSA) is 46.3 Å². The highest BCUT2D eigenvalue weighted by molar-refractivity contribution is 5.87. The molecule has 0 unspecified atom stereocenters. The number of hydrogen-bond donors (Lipinski definition) is 2. The molecule has 1 aromatic heterocycles. The number of benzene rings is 1. The number of aromatic amines is 1. The van der Waals surface area contributed by atoms with Crippen molar-refractivity contribution in [3.8, 4) is 11.5 Å². The van der Waals surface area contributed by atoms with Crippen LogP contribution in [0.2, 0.25) is 0 Å². The van der Waals surface area contributed by atoms with Crippen molar-refractivity contribution in [1.82, 2.24) is 10.3 Å². The standard InChI is InChI=1S/C14H16N2O2/c1-3-15-4-2-9(1)11-7-16-12-6-14-13(5-10(11)12)17-8-18-14/h5-7,9,15-16H,1-4,8H2. The van der Waals surface area contributed by atoms with Crippen LogP contribution in [0.3, 0.4) is 0 Å². The predicted octanol–water partition coefficient (Wildman–Crippen LogP) is 2.36. The lowest BCUT2D eigenvalue weighted by Gasteiger charge is -2.22. The predicted molar refractivity (Wildman–Crippen MR) is 69.3 cm³/mol. The fourth-order valence-corrected chi connectivity index (χ4v) is 3.00. The third-order valence-corrected chi connectivity index (χ3v) is 3.99. The molecule has 0 saturated carbocycles. The fourth-order valence-electron chi connectivity index (χ4n) is 3.00. The minimum atomic E-state index is 0.338. The third kappa shape index (κ3) is 1.49. The van der Waals surface area contributed by atoms with E-state index < -0.39 is 0 Å². The lowest BCUT2D eigenvalue weighted by Crippen LogP contribution is -2.26. The van der Waals surface area contributed by atoms with Crippen molar-refractivity contribution < 1.29 is 9.47 Å². The highest BCUT2D eigenvalue weighted by Gasteiger charge is 2.21. The summed E-state index contributed by atoms with van der Waals surface area (Å²) in [5.74, 6) is 2.37. The van der Waals surface area contributed by atoms with Crippen molar-refractivity contribution in [3.05, 3.63) is 23.9 Å². The molecule has 1 fully saturated rings. The smallest absolute Gasteiger partial charge is 0.231 e. The Bertz CT molecular complexity index is 585. The van der Waals surface area contributed by atoms with Crippen LogP contribution in [0, 0.1) is 0 Å². The average Bonchev–Trinajstić information content (AvgIpc) is 3.02. The van der Waals surface area contributed by atoms with Crippen molar-refractivity contribution in [2.24, 2.45) is 0 Å². The van der Waals surface area contributed by atoms with Gasteiger partial charge in [-0.25, -0.2) is 0 Å². The number of piperidine rings is 1. The van der Waals surface area contributed by atoms with Crippen LogP contribution in [0.1, 0.15) is 24.3 Å². The maximum atomic E-state index is 5.47. The van der Waals surface area contributed by atoms with Gasteiger partial charge in [-0.1, -0.05) is 0 Å². The Morgan fingerprint density at radius 1 is 1.06 bits per heavy atom. The van der Waals surface area contributed by atoms with Gasteiger partial charge >= 0.3 is 0 Å². The minimum Gasteiger partial charge on any atom is -0.454 e. The largest absolute Gasteiger partial charge is 0.454 e. The summed E-state index contributed by atoms with van der Waals surface area (Å²) in [5, 5.41) is 4.69. The second-order valence-corrected chi connectivity index (χ2v) is 5.02. The molecule has 2 aromatic rings. The van der Waals surface area contributed by atoms with Crippen LogP contribution >= 0.6 is 0 Å². The first-order valence-electron chi connectivity index (χ1n) is 6.53.